The maximum atomic E-state index is 12.5. The lowest BCUT2D eigenvalue weighted by Gasteiger charge is -2.38. The van der Waals surface area contributed by atoms with Crippen molar-refractivity contribution in [2.45, 2.75) is 77.9 Å². The van der Waals surface area contributed by atoms with E-state index in [2.05, 4.69) is 31.0 Å². The summed E-state index contributed by atoms with van der Waals surface area (Å²) in [7, 11) is 0. The summed E-state index contributed by atoms with van der Waals surface area (Å²) >= 11 is 0. The fourth-order valence-electron chi connectivity index (χ4n) is 4.16. The van der Waals surface area contributed by atoms with Gasteiger partial charge in [-0.1, -0.05) is 19.8 Å². The van der Waals surface area contributed by atoms with Crippen LogP contribution in [0.5, 0.6) is 0 Å². The number of carbonyl (C=O) groups is 2. The van der Waals surface area contributed by atoms with Gasteiger partial charge in [-0.2, -0.15) is 0 Å². The highest BCUT2D eigenvalue weighted by Gasteiger charge is 2.35. The molecule has 2 aliphatic rings. The third-order valence-corrected chi connectivity index (χ3v) is 5.59. The number of carbonyl (C=O) groups excluding carboxylic acids is 2. The molecule has 0 aromatic carbocycles. The van der Waals surface area contributed by atoms with Crippen LogP contribution in [0.1, 0.15) is 59.8 Å². The molecule has 0 aromatic rings. The SMILES string of the molecule is CCCC1CN(C(C)=O)CC1NC(=O)CN1C(C)CCCC1C. The first-order valence-corrected chi connectivity index (χ1v) is 9.23. The number of likely N-dealkylation sites (tertiary alicyclic amines) is 2. The van der Waals surface area contributed by atoms with Crippen LogP contribution in [-0.2, 0) is 9.59 Å². The summed E-state index contributed by atoms with van der Waals surface area (Å²) in [5.41, 5.74) is 0. The number of nitrogens with one attached hydrogen (secondary N) is 1. The molecular weight excluding hydrogens is 290 g/mol. The summed E-state index contributed by atoms with van der Waals surface area (Å²) in [4.78, 5) is 28.4. The molecule has 2 aliphatic heterocycles. The van der Waals surface area contributed by atoms with Crippen molar-refractivity contribution in [2.75, 3.05) is 19.6 Å². The molecule has 2 heterocycles. The zero-order valence-corrected chi connectivity index (χ0v) is 15.2. The van der Waals surface area contributed by atoms with E-state index in [1.165, 1.54) is 19.3 Å². The minimum atomic E-state index is 0.112. The van der Waals surface area contributed by atoms with Crippen LogP contribution >= 0.6 is 0 Å². The maximum absolute atomic E-state index is 12.5. The van der Waals surface area contributed by atoms with Crippen LogP contribution in [0.3, 0.4) is 0 Å². The molecule has 0 saturated carbocycles. The lowest BCUT2D eigenvalue weighted by Crippen LogP contribution is -2.51. The standard InChI is InChI=1S/C18H33N3O2/c1-5-7-16-10-20(15(4)22)11-17(16)19-18(23)12-21-13(2)8-6-9-14(21)3/h13-14,16-17H,5-12H2,1-4H3,(H,19,23). The molecule has 5 nitrogen and oxygen atoms in total. The van der Waals surface area contributed by atoms with Gasteiger partial charge in [-0.15, -0.1) is 0 Å². The minimum absolute atomic E-state index is 0.112. The second-order valence-corrected chi connectivity index (χ2v) is 7.45. The second-order valence-electron chi connectivity index (χ2n) is 7.45. The fourth-order valence-corrected chi connectivity index (χ4v) is 4.16. The molecule has 1 N–H and O–H groups in total. The van der Waals surface area contributed by atoms with E-state index in [0.29, 0.717) is 31.1 Å². The first kappa shape index (κ1) is 18.2. The summed E-state index contributed by atoms with van der Waals surface area (Å²) in [5.74, 6) is 0.618. The highest BCUT2D eigenvalue weighted by atomic mass is 16.2. The molecular formula is C18H33N3O2. The molecule has 23 heavy (non-hydrogen) atoms. The van der Waals surface area contributed by atoms with Crippen LogP contribution in [0.4, 0.5) is 0 Å². The van der Waals surface area contributed by atoms with E-state index >= 15 is 0 Å². The van der Waals surface area contributed by atoms with Crippen molar-refractivity contribution in [1.82, 2.24) is 15.1 Å². The Morgan fingerprint density at radius 2 is 1.78 bits per heavy atom. The van der Waals surface area contributed by atoms with Gasteiger partial charge in [0.1, 0.15) is 0 Å². The zero-order chi connectivity index (χ0) is 17.0. The molecule has 2 saturated heterocycles. The third kappa shape index (κ3) is 4.69. The van der Waals surface area contributed by atoms with E-state index in [1.54, 1.807) is 6.92 Å². The molecule has 2 rings (SSSR count). The van der Waals surface area contributed by atoms with Crippen molar-refractivity contribution in [3.8, 4) is 0 Å². The second kappa shape index (κ2) is 8.13. The fraction of sp³-hybridized carbons (Fsp3) is 0.889. The lowest BCUT2D eigenvalue weighted by molar-refractivity contribution is -0.128. The first-order chi connectivity index (χ1) is 10.9. The number of hydrogen-bond acceptors (Lipinski definition) is 3. The highest BCUT2D eigenvalue weighted by molar-refractivity contribution is 5.79. The summed E-state index contributed by atoms with van der Waals surface area (Å²) in [6.07, 6.45) is 5.76. The summed E-state index contributed by atoms with van der Waals surface area (Å²) in [6, 6.07) is 1.07. The quantitative estimate of drug-likeness (QED) is 0.842. The Morgan fingerprint density at radius 3 is 2.35 bits per heavy atom. The van der Waals surface area contributed by atoms with Gasteiger partial charge in [-0.25, -0.2) is 0 Å². The van der Waals surface area contributed by atoms with E-state index in [0.717, 1.165) is 19.4 Å². The summed E-state index contributed by atoms with van der Waals surface area (Å²) < 4.78 is 0. The van der Waals surface area contributed by atoms with Crippen molar-refractivity contribution in [1.29, 1.82) is 0 Å². The van der Waals surface area contributed by atoms with E-state index in [4.69, 9.17) is 0 Å². The average molecular weight is 323 g/mol. The van der Waals surface area contributed by atoms with Crippen LogP contribution in [0.15, 0.2) is 0 Å². The number of hydrogen-bond donors (Lipinski definition) is 1. The summed E-state index contributed by atoms with van der Waals surface area (Å²) in [5, 5.41) is 3.21. The molecule has 0 radical (unpaired) electrons. The number of rotatable bonds is 5. The summed E-state index contributed by atoms with van der Waals surface area (Å²) in [6.45, 7) is 10.1. The van der Waals surface area contributed by atoms with Gasteiger partial charge < -0.3 is 10.2 Å². The molecule has 0 bridgehead atoms. The predicted octanol–water partition coefficient (Wildman–Crippen LogP) is 2.01. The van der Waals surface area contributed by atoms with Gasteiger partial charge in [0.15, 0.2) is 0 Å². The Balaban J connectivity index is 1.91. The van der Waals surface area contributed by atoms with Crippen molar-refractivity contribution >= 4 is 11.8 Å². The Kier molecular flexibility index (Phi) is 6.45. The Labute approximate surface area is 140 Å². The van der Waals surface area contributed by atoms with Crippen LogP contribution in [0.25, 0.3) is 0 Å². The van der Waals surface area contributed by atoms with E-state index in [1.807, 2.05) is 4.90 Å². The minimum Gasteiger partial charge on any atom is -0.350 e. The molecule has 132 valence electrons. The number of amides is 2. The van der Waals surface area contributed by atoms with Gasteiger partial charge in [0, 0.05) is 32.1 Å². The van der Waals surface area contributed by atoms with Crippen LogP contribution < -0.4 is 5.32 Å². The number of nitrogens with zero attached hydrogens (tertiary/aromatic N) is 2. The molecule has 2 fully saturated rings. The van der Waals surface area contributed by atoms with Gasteiger partial charge in [0.05, 0.1) is 12.6 Å². The largest absolute Gasteiger partial charge is 0.350 e. The van der Waals surface area contributed by atoms with Gasteiger partial charge in [0.2, 0.25) is 11.8 Å². The normalized spacial score (nSPS) is 32.1. The van der Waals surface area contributed by atoms with E-state index in [9.17, 15) is 9.59 Å². The van der Waals surface area contributed by atoms with Crippen LogP contribution in [-0.4, -0.2) is 59.4 Å². The molecule has 2 amide bonds. The van der Waals surface area contributed by atoms with Crippen LogP contribution in [0.2, 0.25) is 0 Å². The average Bonchev–Trinajstić information content (AvgIpc) is 2.87. The molecule has 4 unspecified atom stereocenters. The van der Waals surface area contributed by atoms with Gasteiger partial charge in [0.25, 0.3) is 0 Å². The molecule has 5 heteroatoms. The zero-order valence-electron chi connectivity index (χ0n) is 15.2. The Morgan fingerprint density at radius 1 is 1.13 bits per heavy atom. The number of piperidine rings is 1. The monoisotopic (exact) mass is 323 g/mol. The van der Waals surface area contributed by atoms with Crippen LogP contribution in [0, 0.1) is 5.92 Å². The predicted molar refractivity (Wildman–Crippen MR) is 92.1 cm³/mol. The lowest BCUT2D eigenvalue weighted by atomic mass is 9.97. The molecule has 0 aliphatic carbocycles. The molecule has 4 atom stereocenters. The molecule has 0 aromatic heterocycles. The van der Waals surface area contributed by atoms with Gasteiger partial charge >= 0.3 is 0 Å². The van der Waals surface area contributed by atoms with Crippen molar-refractivity contribution in [3.63, 3.8) is 0 Å². The van der Waals surface area contributed by atoms with Crippen molar-refractivity contribution in [2.24, 2.45) is 5.92 Å². The van der Waals surface area contributed by atoms with Gasteiger partial charge in [-0.3, -0.25) is 14.5 Å². The van der Waals surface area contributed by atoms with Crippen molar-refractivity contribution in [3.05, 3.63) is 0 Å². The first-order valence-electron chi connectivity index (χ1n) is 9.23. The van der Waals surface area contributed by atoms with Crippen molar-refractivity contribution < 1.29 is 9.59 Å². The maximum Gasteiger partial charge on any atom is 0.234 e. The Bertz CT molecular complexity index is 416. The smallest absolute Gasteiger partial charge is 0.234 e. The Hall–Kier alpha value is -1.10. The van der Waals surface area contributed by atoms with Gasteiger partial charge in [-0.05, 0) is 39.0 Å². The topological polar surface area (TPSA) is 52.7 Å². The highest BCUT2D eigenvalue weighted by Crippen LogP contribution is 2.24. The molecule has 0 spiro atoms. The van der Waals surface area contributed by atoms with E-state index in [-0.39, 0.29) is 17.9 Å². The third-order valence-electron chi connectivity index (χ3n) is 5.59. The van der Waals surface area contributed by atoms with E-state index < -0.39 is 0 Å².